The summed E-state index contributed by atoms with van der Waals surface area (Å²) >= 11 is 0. The van der Waals surface area contributed by atoms with Crippen molar-refractivity contribution in [3.8, 4) is 0 Å². The average Bonchev–Trinajstić information content (AvgIpc) is 2.43. The predicted octanol–water partition coefficient (Wildman–Crippen LogP) is 0.410. The lowest BCUT2D eigenvalue weighted by Crippen LogP contribution is -2.01. The summed E-state index contributed by atoms with van der Waals surface area (Å²) in [5, 5.41) is 12.7. The van der Waals surface area contributed by atoms with E-state index in [1.807, 2.05) is 13.1 Å². The summed E-state index contributed by atoms with van der Waals surface area (Å²) in [4.78, 5) is 0. The average molecular weight is 169 g/mol. The van der Waals surface area contributed by atoms with E-state index in [2.05, 4.69) is 5.10 Å². The maximum Gasteiger partial charge on any atom is 0.148 e. The summed E-state index contributed by atoms with van der Waals surface area (Å²) in [6, 6.07) is 0. The van der Waals surface area contributed by atoms with Gasteiger partial charge in [0.15, 0.2) is 0 Å². The van der Waals surface area contributed by atoms with Crippen molar-refractivity contribution < 1.29 is 5.11 Å². The Morgan fingerprint density at radius 2 is 2.42 bits per heavy atom. The molecular formula is C8H15N3O. The molecule has 0 spiro atoms. The Labute approximate surface area is 72.0 Å². The van der Waals surface area contributed by atoms with Crippen molar-refractivity contribution in [2.24, 2.45) is 0 Å². The molecule has 0 saturated carbocycles. The summed E-state index contributed by atoms with van der Waals surface area (Å²) in [6.07, 6.45) is 3.57. The molecule has 3 N–H and O–H groups in total. The SMILES string of the molecule is CCc1cn(CCCO)nc1N. The van der Waals surface area contributed by atoms with Gasteiger partial charge in [0.25, 0.3) is 0 Å². The Morgan fingerprint density at radius 3 is 2.92 bits per heavy atom. The van der Waals surface area contributed by atoms with Gasteiger partial charge in [-0.2, -0.15) is 5.10 Å². The first kappa shape index (κ1) is 9.06. The standard InChI is InChI=1S/C8H15N3O/c1-2-7-6-11(4-3-5-12)10-8(7)9/h6,12H,2-5H2,1H3,(H2,9,10). The highest BCUT2D eigenvalue weighted by Gasteiger charge is 2.01. The first-order chi connectivity index (χ1) is 5.77. The number of hydrogen-bond donors (Lipinski definition) is 2. The van der Waals surface area contributed by atoms with E-state index in [1.54, 1.807) is 4.68 Å². The topological polar surface area (TPSA) is 64.1 Å². The van der Waals surface area contributed by atoms with E-state index >= 15 is 0 Å². The molecule has 0 aromatic carbocycles. The number of aliphatic hydroxyl groups is 1. The molecule has 12 heavy (non-hydrogen) atoms. The molecule has 0 unspecified atom stereocenters. The molecule has 0 fully saturated rings. The number of nitrogens with two attached hydrogens (primary N) is 1. The molecule has 0 atom stereocenters. The highest BCUT2D eigenvalue weighted by molar-refractivity contribution is 5.36. The normalized spacial score (nSPS) is 10.5. The molecule has 0 aliphatic rings. The van der Waals surface area contributed by atoms with Crippen LogP contribution < -0.4 is 5.73 Å². The fourth-order valence-corrected chi connectivity index (χ4v) is 1.10. The van der Waals surface area contributed by atoms with E-state index in [1.165, 1.54) is 0 Å². The molecular weight excluding hydrogens is 154 g/mol. The Bertz CT molecular complexity index is 244. The van der Waals surface area contributed by atoms with Crippen LogP contribution >= 0.6 is 0 Å². The van der Waals surface area contributed by atoms with E-state index in [9.17, 15) is 0 Å². The van der Waals surface area contributed by atoms with Gasteiger partial charge in [-0.25, -0.2) is 0 Å². The van der Waals surface area contributed by atoms with Gasteiger partial charge in [0, 0.05) is 24.9 Å². The lowest BCUT2D eigenvalue weighted by atomic mass is 10.3. The zero-order valence-corrected chi connectivity index (χ0v) is 7.32. The van der Waals surface area contributed by atoms with Gasteiger partial charge in [0.05, 0.1) is 0 Å². The number of aromatic nitrogens is 2. The first-order valence-electron chi connectivity index (χ1n) is 4.20. The van der Waals surface area contributed by atoms with Crippen molar-refractivity contribution in [3.63, 3.8) is 0 Å². The molecule has 4 nitrogen and oxygen atoms in total. The predicted molar refractivity (Wildman–Crippen MR) is 47.7 cm³/mol. The zero-order valence-electron chi connectivity index (χ0n) is 7.32. The van der Waals surface area contributed by atoms with E-state index < -0.39 is 0 Å². The maximum atomic E-state index is 8.59. The minimum Gasteiger partial charge on any atom is -0.396 e. The Morgan fingerprint density at radius 1 is 1.67 bits per heavy atom. The summed E-state index contributed by atoms with van der Waals surface area (Å²) in [7, 11) is 0. The number of anilines is 1. The van der Waals surface area contributed by atoms with Crippen molar-refractivity contribution in [3.05, 3.63) is 11.8 Å². The molecule has 0 saturated heterocycles. The van der Waals surface area contributed by atoms with Crippen molar-refractivity contribution in [2.75, 3.05) is 12.3 Å². The van der Waals surface area contributed by atoms with Gasteiger partial charge in [-0.1, -0.05) is 6.92 Å². The third-order valence-corrected chi connectivity index (χ3v) is 1.80. The molecule has 68 valence electrons. The second-order valence-corrected chi connectivity index (χ2v) is 2.73. The van der Waals surface area contributed by atoms with Crippen LogP contribution in [0.4, 0.5) is 5.82 Å². The number of aliphatic hydroxyl groups excluding tert-OH is 1. The summed E-state index contributed by atoms with van der Waals surface area (Å²) in [5.41, 5.74) is 6.71. The molecule has 1 aromatic rings. The second-order valence-electron chi connectivity index (χ2n) is 2.73. The second kappa shape index (κ2) is 4.11. The maximum absolute atomic E-state index is 8.59. The van der Waals surface area contributed by atoms with Crippen molar-refractivity contribution in [1.29, 1.82) is 0 Å². The highest BCUT2D eigenvalue weighted by Crippen LogP contribution is 2.09. The van der Waals surface area contributed by atoms with Gasteiger partial charge in [0.1, 0.15) is 5.82 Å². The van der Waals surface area contributed by atoms with Crippen molar-refractivity contribution in [2.45, 2.75) is 26.3 Å². The van der Waals surface area contributed by atoms with E-state index in [0.29, 0.717) is 5.82 Å². The number of aryl methyl sites for hydroxylation is 2. The summed E-state index contributed by atoms with van der Waals surface area (Å²) < 4.78 is 1.78. The van der Waals surface area contributed by atoms with Gasteiger partial charge >= 0.3 is 0 Å². The van der Waals surface area contributed by atoms with Crippen LogP contribution in [0.3, 0.4) is 0 Å². The minimum atomic E-state index is 0.196. The number of rotatable bonds is 4. The number of nitrogens with zero attached hydrogens (tertiary/aromatic N) is 2. The van der Waals surface area contributed by atoms with Crippen molar-refractivity contribution >= 4 is 5.82 Å². The first-order valence-corrected chi connectivity index (χ1v) is 4.20. The van der Waals surface area contributed by atoms with E-state index in [-0.39, 0.29) is 6.61 Å². The molecule has 1 aromatic heterocycles. The van der Waals surface area contributed by atoms with Crippen LogP contribution in [0.2, 0.25) is 0 Å². The largest absolute Gasteiger partial charge is 0.396 e. The van der Waals surface area contributed by atoms with Crippen LogP contribution in [-0.4, -0.2) is 21.5 Å². The van der Waals surface area contributed by atoms with Gasteiger partial charge in [-0.05, 0) is 12.8 Å². The fourth-order valence-electron chi connectivity index (χ4n) is 1.10. The van der Waals surface area contributed by atoms with Crippen LogP contribution in [-0.2, 0) is 13.0 Å². The summed E-state index contributed by atoms with van der Waals surface area (Å²) in [6.45, 7) is 2.98. The molecule has 0 aliphatic heterocycles. The fraction of sp³-hybridized carbons (Fsp3) is 0.625. The Kier molecular flexibility index (Phi) is 3.10. The molecule has 1 rings (SSSR count). The monoisotopic (exact) mass is 169 g/mol. The number of hydrogen-bond acceptors (Lipinski definition) is 3. The molecule has 1 heterocycles. The van der Waals surface area contributed by atoms with Crippen LogP contribution in [0.5, 0.6) is 0 Å². The quantitative estimate of drug-likeness (QED) is 0.686. The van der Waals surface area contributed by atoms with Crippen LogP contribution in [0.15, 0.2) is 6.20 Å². The zero-order chi connectivity index (χ0) is 8.97. The van der Waals surface area contributed by atoms with Crippen LogP contribution in [0.1, 0.15) is 18.9 Å². The lowest BCUT2D eigenvalue weighted by Gasteiger charge is -1.96. The van der Waals surface area contributed by atoms with Gasteiger partial charge < -0.3 is 10.8 Å². The van der Waals surface area contributed by atoms with Crippen molar-refractivity contribution in [1.82, 2.24) is 9.78 Å². The third kappa shape index (κ3) is 1.98. The summed E-state index contributed by atoms with van der Waals surface area (Å²) in [5.74, 6) is 0.607. The minimum absolute atomic E-state index is 0.196. The highest BCUT2D eigenvalue weighted by atomic mass is 16.3. The van der Waals surface area contributed by atoms with E-state index in [0.717, 1.165) is 24.9 Å². The Balaban J connectivity index is 2.62. The van der Waals surface area contributed by atoms with Gasteiger partial charge in [-0.15, -0.1) is 0 Å². The lowest BCUT2D eigenvalue weighted by molar-refractivity contribution is 0.277. The molecule has 0 bridgehead atoms. The molecule has 0 aliphatic carbocycles. The van der Waals surface area contributed by atoms with Crippen LogP contribution in [0.25, 0.3) is 0 Å². The third-order valence-electron chi connectivity index (χ3n) is 1.80. The number of nitrogen functional groups attached to an aromatic ring is 1. The smallest absolute Gasteiger partial charge is 0.148 e. The van der Waals surface area contributed by atoms with Crippen LogP contribution in [0, 0.1) is 0 Å². The molecule has 4 heteroatoms. The van der Waals surface area contributed by atoms with Gasteiger partial charge in [0.2, 0.25) is 0 Å². The Hall–Kier alpha value is -1.03. The molecule has 0 radical (unpaired) electrons. The molecule has 0 amide bonds. The van der Waals surface area contributed by atoms with E-state index in [4.69, 9.17) is 10.8 Å². The van der Waals surface area contributed by atoms with Gasteiger partial charge in [-0.3, -0.25) is 4.68 Å².